The molecule has 0 aliphatic rings. The first-order chi connectivity index (χ1) is 5.33. The summed E-state index contributed by atoms with van der Waals surface area (Å²) in [6.45, 7) is 0. The van der Waals surface area contributed by atoms with Gasteiger partial charge in [0.1, 0.15) is 0 Å². The first-order valence-corrected chi connectivity index (χ1v) is 4.44. The van der Waals surface area contributed by atoms with Gasteiger partial charge in [0.05, 0.1) is 6.04 Å². The second kappa shape index (κ2) is 4.42. The summed E-state index contributed by atoms with van der Waals surface area (Å²) < 4.78 is 0. The summed E-state index contributed by atoms with van der Waals surface area (Å²) in [7, 11) is 0. The minimum Gasteiger partial charge on any atom is -0.354 e. The van der Waals surface area contributed by atoms with E-state index in [4.69, 9.17) is 0 Å². The van der Waals surface area contributed by atoms with E-state index in [0.717, 1.165) is 12.2 Å². The molecule has 0 bridgehead atoms. The quantitative estimate of drug-likeness (QED) is 0.624. The molecule has 0 aliphatic heterocycles. The van der Waals surface area contributed by atoms with Crippen molar-refractivity contribution < 1.29 is 5.73 Å². The lowest BCUT2D eigenvalue weighted by atomic mass is 10.1. The molecule has 0 aliphatic carbocycles. The molecule has 1 aromatic carbocycles. The first-order valence-electron chi connectivity index (χ1n) is 3.81. The third-order valence-corrected chi connectivity index (χ3v) is 2.14. The van der Waals surface area contributed by atoms with Crippen molar-refractivity contribution in [1.82, 2.24) is 0 Å². The van der Waals surface area contributed by atoms with Crippen molar-refractivity contribution in [3.63, 3.8) is 0 Å². The number of thiol groups is 1. The van der Waals surface area contributed by atoms with Gasteiger partial charge in [0.15, 0.2) is 0 Å². The number of hydrogen-bond donors (Lipinski definition) is 2. The summed E-state index contributed by atoms with van der Waals surface area (Å²) in [6.07, 6.45) is 1.03. The van der Waals surface area contributed by atoms with E-state index >= 15 is 0 Å². The summed E-state index contributed by atoms with van der Waals surface area (Å²) in [6, 6.07) is 10.8. The van der Waals surface area contributed by atoms with Crippen molar-refractivity contribution in [2.75, 3.05) is 5.75 Å². The van der Waals surface area contributed by atoms with Gasteiger partial charge in [0.25, 0.3) is 0 Å². The second-order valence-electron chi connectivity index (χ2n) is 2.74. The topological polar surface area (TPSA) is 27.6 Å². The highest BCUT2D eigenvalue weighted by Gasteiger charge is 2.02. The molecule has 1 rings (SSSR count). The molecule has 0 aromatic heterocycles. The van der Waals surface area contributed by atoms with Gasteiger partial charge in [-0.15, -0.1) is 0 Å². The lowest BCUT2D eigenvalue weighted by Crippen LogP contribution is -2.63. The van der Waals surface area contributed by atoms with Gasteiger partial charge in [0.2, 0.25) is 0 Å². The molecular weight excluding hydrogens is 154 g/mol. The van der Waals surface area contributed by atoms with Crippen LogP contribution in [0.15, 0.2) is 30.3 Å². The molecule has 11 heavy (non-hydrogen) atoms. The van der Waals surface area contributed by atoms with E-state index in [1.807, 2.05) is 6.07 Å². The standard InChI is InChI=1S/C9H13NS/c10-9(7-11)6-8-4-2-1-3-5-8/h1-5,9,11H,6-7,10H2/p+1. The van der Waals surface area contributed by atoms with Gasteiger partial charge in [-0.3, -0.25) is 0 Å². The molecule has 1 unspecified atom stereocenters. The molecule has 3 N–H and O–H groups in total. The molecule has 0 radical (unpaired) electrons. The molecular formula is C9H14NS+. The van der Waals surface area contributed by atoms with Crippen LogP contribution in [0.5, 0.6) is 0 Å². The lowest BCUT2D eigenvalue weighted by molar-refractivity contribution is -0.411. The van der Waals surface area contributed by atoms with Gasteiger partial charge in [-0.2, -0.15) is 12.6 Å². The van der Waals surface area contributed by atoms with Crippen LogP contribution in [0.4, 0.5) is 0 Å². The van der Waals surface area contributed by atoms with Gasteiger partial charge in [-0.25, -0.2) is 0 Å². The molecule has 0 amide bonds. The van der Waals surface area contributed by atoms with Crippen molar-refractivity contribution in [2.45, 2.75) is 12.5 Å². The van der Waals surface area contributed by atoms with E-state index in [1.165, 1.54) is 5.56 Å². The molecule has 0 heterocycles. The van der Waals surface area contributed by atoms with Gasteiger partial charge in [-0.1, -0.05) is 30.3 Å². The zero-order chi connectivity index (χ0) is 8.10. The van der Waals surface area contributed by atoms with Crippen LogP contribution in [0.3, 0.4) is 0 Å². The SMILES string of the molecule is [NH3+]C(CS)Cc1ccccc1. The molecule has 0 saturated heterocycles. The highest BCUT2D eigenvalue weighted by atomic mass is 32.1. The Labute approximate surface area is 73.0 Å². The van der Waals surface area contributed by atoms with E-state index in [0.29, 0.717) is 6.04 Å². The fourth-order valence-electron chi connectivity index (χ4n) is 1.01. The van der Waals surface area contributed by atoms with Crippen LogP contribution in [0, 0.1) is 0 Å². The van der Waals surface area contributed by atoms with Crippen molar-refractivity contribution in [1.29, 1.82) is 0 Å². The van der Waals surface area contributed by atoms with Crippen LogP contribution >= 0.6 is 12.6 Å². The van der Waals surface area contributed by atoms with Crippen molar-refractivity contribution in [3.8, 4) is 0 Å². The number of rotatable bonds is 3. The number of benzene rings is 1. The van der Waals surface area contributed by atoms with Crippen LogP contribution in [-0.4, -0.2) is 11.8 Å². The maximum Gasteiger partial charge on any atom is 0.0973 e. The second-order valence-corrected chi connectivity index (χ2v) is 3.10. The predicted molar refractivity (Wildman–Crippen MR) is 50.7 cm³/mol. The maximum atomic E-state index is 4.18. The van der Waals surface area contributed by atoms with E-state index in [2.05, 4.69) is 42.6 Å². The highest BCUT2D eigenvalue weighted by Crippen LogP contribution is 2.01. The highest BCUT2D eigenvalue weighted by molar-refractivity contribution is 7.80. The Hall–Kier alpha value is -0.470. The van der Waals surface area contributed by atoms with Crippen LogP contribution < -0.4 is 5.73 Å². The zero-order valence-corrected chi connectivity index (χ0v) is 7.43. The van der Waals surface area contributed by atoms with Crippen molar-refractivity contribution >= 4 is 12.6 Å². The molecule has 1 nitrogen and oxygen atoms in total. The molecule has 2 heteroatoms. The number of hydrogen-bond acceptors (Lipinski definition) is 1. The fraction of sp³-hybridized carbons (Fsp3) is 0.333. The zero-order valence-electron chi connectivity index (χ0n) is 6.53. The molecule has 1 aromatic rings. The van der Waals surface area contributed by atoms with E-state index < -0.39 is 0 Å². The largest absolute Gasteiger partial charge is 0.354 e. The Morgan fingerprint density at radius 2 is 1.91 bits per heavy atom. The Balaban J connectivity index is 2.51. The van der Waals surface area contributed by atoms with Crippen molar-refractivity contribution in [2.24, 2.45) is 0 Å². The van der Waals surface area contributed by atoms with Crippen LogP contribution in [0.2, 0.25) is 0 Å². The van der Waals surface area contributed by atoms with Crippen LogP contribution in [-0.2, 0) is 6.42 Å². The smallest absolute Gasteiger partial charge is 0.0973 e. The molecule has 0 saturated carbocycles. The van der Waals surface area contributed by atoms with Gasteiger partial charge < -0.3 is 5.73 Å². The van der Waals surface area contributed by atoms with E-state index in [1.54, 1.807) is 0 Å². The minimum absolute atomic E-state index is 0.431. The Kier molecular flexibility index (Phi) is 3.46. The van der Waals surface area contributed by atoms with Crippen molar-refractivity contribution in [3.05, 3.63) is 35.9 Å². The van der Waals surface area contributed by atoms with E-state index in [-0.39, 0.29) is 0 Å². The summed E-state index contributed by atoms with van der Waals surface area (Å²) in [4.78, 5) is 0. The normalized spacial score (nSPS) is 12.9. The Morgan fingerprint density at radius 3 is 2.45 bits per heavy atom. The third kappa shape index (κ3) is 2.95. The van der Waals surface area contributed by atoms with Gasteiger partial charge in [0, 0.05) is 12.2 Å². The lowest BCUT2D eigenvalue weighted by Gasteiger charge is -2.03. The minimum atomic E-state index is 0.431. The summed E-state index contributed by atoms with van der Waals surface area (Å²) >= 11 is 4.18. The molecule has 0 fully saturated rings. The molecule has 60 valence electrons. The average molecular weight is 168 g/mol. The Morgan fingerprint density at radius 1 is 1.27 bits per heavy atom. The monoisotopic (exact) mass is 168 g/mol. The summed E-state index contributed by atoms with van der Waals surface area (Å²) in [5.41, 5.74) is 5.32. The van der Waals surface area contributed by atoms with Crippen LogP contribution in [0.1, 0.15) is 5.56 Å². The Bertz CT molecular complexity index is 198. The van der Waals surface area contributed by atoms with E-state index in [9.17, 15) is 0 Å². The third-order valence-electron chi connectivity index (χ3n) is 1.63. The molecule has 0 spiro atoms. The maximum absolute atomic E-state index is 4.18. The first kappa shape index (κ1) is 8.62. The summed E-state index contributed by atoms with van der Waals surface area (Å²) in [5, 5.41) is 0. The number of quaternary nitrogens is 1. The van der Waals surface area contributed by atoms with Gasteiger partial charge >= 0.3 is 0 Å². The molecule has 1 atom stereocenters. The van der Waals surface area contributed by atoms with Crippen LogP contribution in [0.25, 0.3) is 0 Å². The van der Waals surface area contributed by atoms with Gasteiger partial charge in [-0.05, 0) is 5.56 Å². The predicted octanol–water partition coefficient (Wildman–Crippen LogP) is 0.769. The fourth-order valence-corrected chi connectivity index (χ4v) is 1.14. The average Bonchev–Trinajstić information content (AvgIpc) is 2.06. The summed E-state index contributed by atoms with van der Waals surface area (Å²) in [5.74, 6) is 0.856.